The van der Waals surface area contributed by atoms with Crippen molar-refractivity contribution in [1.29, 1.82) is 0 Å². The molecule has 0 N–H and O–H groups in total. The van der Waals surface area contributed by atoms with Crippen LogP contribution in [0.2, 0.25) is 5.02 Å². The van der Waals surface area contributed by atoms with Crippen LogP contribution >= 0.6 is 11.6 Å². The Morgan fingerprint density at radius 3 is 2.57 bits per heavy atom. The first-order valence-electron chi connectivity index (χ1n) is 9.28. The van der Waals surface area contributed by atoms with Crippen LogP contribution in [0.4, 0.5) is 5.82 Å². The molecule has 150 valence electrons. The number of nitrogens with zero attached hydrogens (tertiary/aromatic N) is 5. The van der Waals surface area contributed by atoms with Crippen molar-refractivity contribution < 1.29 is 9.72 Å². The lowest BCUT2D eigenvalue weighted by atomic mass is 10.1. The van der Waals surface area contributed by atoms with Gasteiger partial charge in [-0.1, -0.05) is 36.7 Å². The zero-order valence-corrected chi connectivity index (χ0v) is 16.8. The third kappa shape index (κ3) is 4.69. The topological polar surface area (TPSA) is 84.5 Å². The molecule has 3 rings (SSSR count). The molecule has 1 aromatic heterocycles. The summed E-state index contributed by atoms with van der Waals surface area (Å²) in [7, 11) is 0. The fraction of sp³-hybridized carbons (Fsp3) is 0.474. The standard InChI is InChI=1S/C19H24ClN5O3/c1-14(12-24-15(2)11-18(21-24)25(27)28)19(26)23-9-7-22(8-10-23)13-16-5-3-4-6-17(16)20/h3-6,11,14H,7-10,12-13H2,1-2H3. The molecular weight excluding hydrogens is 382 g/mol. The Balaban J connectivity index is 1.53. The van der Waals surface area contributed by atoms with E-state index in [0.29, 0.717) is 25.3 Å². The number of halogens is 1. The summed E-state index contributed by atoms with van der Waals surface area (Å²) in [4.78, 5) is 27.3. The molecule has 0 spiro atoms. The van der Waals surface area contributed by atoms with E-state index in [0.717, 1.165) is 30.2 Å². The summed E-state index contributed by atoms with van der Waals surface area (Å²) < 4.78 is 1.54. The smallest absolute Gasteiger partial charge is 0.358 e. The summed E-state index contributed by atoms with van der Waals surface area (Å²) in [6.07, 6.45) is 0. The van der Waals surface area contributed by atoms with Crippen LogP contribution in [-0.4, -0.2) is 56.6 Å². The molecule has 1 aromatic carbocycles. The van der Waals surface area contributed by atoms with Crippen LogP contribution in [0.1, 0.15) is 18.2 Å². The molecule has 1 atom stereocenters. The third-order valence-electron chi connectivity index (χ3n) is 5.06. The summed E-state index contributed by atoms with van der Waals surface area (Å²) in [6, 6.07) is 9.22. The van der Waals surface area contributed by atoms with Gasteiger partial charge in [0.1, 0.15) is 0 Å². The van der Waals surface area contributed by atoms with Crippen LogP contribution in [0.5, 0.6) is 0 Å². The molecule has 0 bridgehead atoms. The van der Waals surface area contributed by atoms with Gasteiger partial charge >= 0.3 is 5.82 Å². The zero-order chi connectivity index (χ0) is 20.3. The van der Waals surface area contributed by atoms with Crippen molar-refractivity contribution in [1.82, 2.24) is 19.6 Å². The fourth-order valence-corrected chi connectivity index (χ4v) is 3.61. The maximum Gasteiger partial charge on any atom is 0.390 e. The average Bonchev–Trinajstić information content (AvgIpc) is 3.04. The number of aryl methyl sites for hydroxylation is 1. The van der Waals surface area contributed by atoms with Gasteiger partial charge in [0.25, 0.3) is 0 Å². The number of hydrogen-bond acceptors (Lipinski definition) is 5. The van der Waals surface area contributed by atoms with E-state index in [-0.39, 0.29) is 17.6 Å². The van der Waals surface area contributed by atoms with E-state index in [1.165, 1.54) is 10.7 Å². The second kappa shape index (κ2) is 8.70. The lowest BCUT2D eigenvalue weighted by Gasteiger charge is -2.36. The molecule has 2 aromatic rings. The predicted octanol–water partition coefficient (Wildman–Crippen LogP) is 2.73. The van der Waals surface area contributed by atoms with Crippen molar-refractivity contribution in [3.63, 3.8) is 0 Å². The molecule has 1 unspecified atom stereocenters. The average molecular weight is 406 g/mol. The first kappa shape index (κ1) is 20.3. The number of rotatable bonds is 6. The van der Waals surface area contributed by atoms with Gasteiger partial charge in [-0.3, -0.25) is 9.69 Å². The molecule has 0 radical (unpaired) electrons. The SMILES string of the molecule is Cc1cc([N+](=O)[O-])nn1CC(C)C(=O)N1CCN(Cc2ccccc2Cl)CC1. The molecule has 0 saturated carbocycles. The Morgan fingerprint density at radius 1 is 1.29 bits per heavy atom. The molecule has 1 fully saturated rings. The van der Waals surface area contributed by atoms with Crippen molar-refractivity contribution in [3.8, 4) is 0 Å². The van der Waals surface area contributed by atoms with E-state index >= 15 is 0 Å². The van der Waals surface area contributed by atoms with Gasteiger partial charge in [-0.15, -0.1) is 0 Å². The van der Waals surface area contributed by atoms with Crippen molar-refractivity contribution in [3.05, 3.63) is 56.7 Å². The van der Waals surface area contributed by atoms with Crippen molar-refractivity contribution in [2.75, 3.05) is 26.2 Å². The highest BCUT2D eigenvalue weighted by molar-refractivity contribution is 6.31. The van der Waals surface area contributed by atoms with E-state index in [1.54, 1.807) is 6.92 Å². The highest BCUT2D eigenvalue weighted by Gasteiger charge is 2.27. The van der Waals surface area contributed by atoms with Crippen molar-refractivity contribution in [2.45, 2.75) is 26.9 Å². The number of hydrogen-bond donors (Lipinski definition) is 0. The highest BCUT2D eigenvalue weighted by Crippen LogP contribution is 2.19. The van der Waals surface area contributed by atoms with E-state index in [2.05, 4.69) is 10.00 Å². The molecule has 0 aliphatic carbocycles. The highest BCUT2D eigenvalue weighted by atomic mass is 35.5. The van der Waals surface area contributed by atoms with E-state index < -0.39 is 4.92 Å². The number of piperazine rings is 1. The second-order valence-electron chi connectivity index (χ2n) is 7.18. The number of aromatic nitrogens is 2. The quantitative estimate of drug-likeness (QED) is 0.545. The zero-order valence-electron chi connectivity index (χ0n) is 16.0. The van der Waals surface area contributed by atoms with Gasteiger partial charge in [0, 0.05) is 37.7 Å². The summed E-state index contributed by atoms with van der Waals surface area (Å²) in [6.45, 7) is 7.59. The first-order valence-corrected chi connectivity index (χ1v) is 9.66. The van der Waals surface area contributed by atoms with Gasteiger partial charge in [-0.05, 0) is 23.5 Å². The molecule has 1 saturated heterocycles. The van der Waals surface area contributed by atoms with Gasteiger partial charge in [0.05, 0.1) is 29.3 Å². The summed E-state index contributed by atoms with van der Waals surface area (Å²) in [5.74, 6) is -0.436. The molecule has 1 aliphatic rings. The fourth-order valence-electron chi connectivity index (χ4n) is 3.41. The Morgan fingerprint density at radius 2 is 1.96 bits per heavy atom. The van der Waals surface area contributed by atoms with Crippen LogP contribution in [0, 0.1) is 23.0 Å². The van der Waals surface area contributed by atoms with Gasteiger partial charge < -0.3 is 15.0 Å². The minimum atomic E-state index is -0.520. The molecule has 8 nitrogen and oxygen atoms in total. The van der Waals surface area contributed by atoms with Gasteiger partial charge in [0.2, 0.25) is 5.91 Å². The Labute approximate surface area is 168 Å². The van der Waals surface area contributed by atoms with Gasteiger partial charge in [-0.25, -0.2) is 0 Å². The number of amides is 1. The second-order valence-corrected chi connectivity index (χ2v) is 7.58. The Bertz CT molecular complexity index is 861. The van der Waals surface area contributed by atoms with Gasteiger partial charge in [0.15, 0.2) is 0 Å². The monoisotopic (exact) mass is 405 g/mol. The molecule has 9 heteroatoms. The number of nitro groups is 1. The molecule has 2 heterocycles. The van der Waals surface area contributed by atoms with Crippen molar-refractivity contribution in [2.24, 2.45) is 5.92 Å². The molecule has 1 aliphatic heterocycles. The van der Waals surface area contributed by atoms with Crippen molar-refractivity contribution >= 4 is 23.3 Å². The maximum atomic E-state index is 12.8. The Kier molecular flexibility index (Phi) is 6.31. The molecule has 28 heavy (non-hydrogen) atoms. The van der Waals surface area contributed by atoms with E-state index in [9.17, 15) is 14.9 Å². The minimum absolute atomic E-state index is 0.0509. The summed E-state index contributed by atoms with van der Waals surface area (Å²) >= 11 is 6.23. The van der Waals surface area contributed by atoms with E-state index in [4.69, 9.17) is 11.6 Å². The number of carbonyl (C=O) groups is 1. The maximum absolute atomic E-state index is 12.8. The molecule has 1 amide bonds. The van der Waals surface area contributed by atoms with Crippen LogP contribution in [-0.2, 0) is 17.9 Å². The third-order valence-corrected chi connectivity index (χ3v) is 5.43. The van der Waals surface area contributed by atoms with E-state index in [1.807, 2.05) is 36.1 Å². The number of carbonyl (C=O) groups excluding carboxylic acids is 1. The van der Waals surface area contributed by atoms with Gasteiger partial charge in [-0.2, -0.15) is 4.68 Å². The van der Waals surface area contributed by atoms with Crippen LogP contribution in [0.15, 0.2) is 30.3 Å². The number of benzene rings is 1. The van der Waals surface area contributed by atoms with Crippen LogP contribution < -0.4 is 0 Å². The first-order chi connectivity index (χ1) is 13.3. The lowest BCUT2D eigenvalue weighted by Crippen LogP contribution is -2.50. The van der Waals surface area contributed by atoms with Crippen LogP contribution in [0.3, 0.4) is 0 Å². The summed E-state index contributed by atoms with van der Waals surface area (Å²) in [5, 5.41) is 15.6. The largest absolute Gasteiger partial charge is 0.390 e. The summed E-state index contributed by atoms with van der Waals surface area (Å²) in [5.41, 5.74) is 1.77. The minimum Gasteiger partial charge on any atom is -0.358 e. The molecular formula is C19H24ClN5O3. The normalized spacial score (nSPS) is 16.2. The van der Waals surface area contributed by atoms with Crippen LogP contribution in [0.25, 0.3) is 0 Å². The lowest BCUT2D eigenvalue weighted by molar-refractivity contribution is -0.389. The Hall–Kier alpha value is -2.45. The predicted molar refractivity (Wildman–Crippen MR) is 106 cm³/mol.